The highest BCUT2D eigenvalue weighted by Gasteiger charge is 2.31. The predicted octanol–water partition coefficient (Wildman–Crippen LogP) is 4.56. The lowest BCUT2D eigenvalue weighted by molar-refractivity contribution is 0.238. The third-order valence-corrected chi connectivity index (χ3v) is 4.67. The molecule has 2 aliphatic rings. The Morgan fingerprint density at radius 2 is 1.62 bits per heavy atom. The molecule has 0 spiro atoms. The van der Waals surface area contributed by atoms with Gasteiger partial charge in [0.25, 0.3) is 0 Å². The smallest absolute Gasteiger partial charge is 0.319 e. The number of urea groups is 1. The maximum atomic E-state index is 12.2. The van der Waals surface area contributed by atoms with E-state index >= 15 is 0 Å². The van der Waals surface area contributed by atoms with Crippen molar-refractivity contribution in [2.75, 3.05) is 0 Å². The fraction of sp³-hybridized carbons (Fsp3) is 0.190. The molecule has 0 radical (unpaired) electrons. The first-order valence-corrected chi connectivity index (χ1v) is 8.43. The van der Waals surface area contributed by atoms with E-state index in [1.807, 2.05) is 36.4 Å². The highest BCUT2D eigenvalue weighted by Crippen LogP contribution is 2.38. The van der Waals surface area contributed by atoms with Crippen LogP contribution in [0, 0.1) is 0 Å². The third kappa shape index (κ3) is 2.85. The molecule has 0 fully saturated rings. The van der Waals surface area contributed by atoms with Gasteiger partial charge in [-0.3, -0.25) is 0 Å². The van der Waals surface area contributed by atoms with Crippen molar-refractivity contribution in [1.82, 2.24) is 10.6 Å². The van der Waals surface area contributed by atoms with Gasteiger partial charge in [0.15, 0.2) is 0 Å². The van der Waals surface area contributed by atoms with E-state index in [1.54, 1.807) is 0 Å². The summed E-state index contributed by atoms with van der Waals surface area (Å²) in [6.45, 7) is 0. The monoisotopic (exact) mass is 316 g/mol. The van der Waals surface area contributed by atoms with Crippen LogP contribution in [-0.4, -0.2) is 6.03 Å². The van der Waals surface area contributed by atoms with Crippen LogP contribution >= 0.6 is 0 Å². The minimum absolute atomic E-state index is 0.0329. The summed E-state index contributed by atoms with van der Waals surface area (Å²) < 4.78 is 0. The Bertz CT molecular complexity index is 806. The average Bonchev–Trinajstić information content (AvgIpc) is 2.63. The zero-order chi connectivity index (χ0) is 16.4. The molecule has 120 valence electrons. The van der Waals surface area contributed by atoms with E-state index in [1.165, 1.54) is 16.7 Å². The topological polar surface area (TPSA) is 41.1 Å². The number of rotatable bonds is 2. The first kappa shape index (κ1) is 14.8. The number of hydrogen-bond acceptors (Lipinski definition) is 1. The number of benzene rings is 2. The Balaban J connectivity index is 1.77. The van der Waals surface area contributed by atoms with Gasteiger partial charge in [-0.2, -0.15) is 0 Å². The third-order valence-electron chi connectivity index (χ3n) is 4.67. The van der Waals surface area contributed by atoms with Crippen molar-refractivity contribution < 1.29 is 4.79 Å². The Morgan fingerprint density at radius 1 is 0.917 bits per heavy atom. The summed E-state index contributed by atoms with van der Waals surface area (Å²) >= 11 is 0. The molecule has 3 heteroatoms. The first-order chi connectivity index (χ1) is 11.8. The zero-order valence-corrected chi connectivity index (χ0v) is 13.5. The van der Waals surface area contributed by atoms with Gasteiger partial charge in [0.1, 0.15) is 0 Å². The van der Waals surface area contributed by atoms with Crippen molar-refractivity contribution in [3.05, 3.63) is 88.6 Å². The van der Waals surface area contributed by atoms with Crippen LogP contribution in [0.15, 0.2) is 77.5 Å². The molecule has 0 saturated heterocycles. The van der Waals surface area contributed by atoms with Crippen LogP contribution in [0.2, 0.25) is 0 Å². The van der Waals surface area contributed by atoms with Gasteiger partial charge in [-0.15, -0.1) is 0 Å². The van der Waals surface area contributed by atoms with Crippen LogP contribution in [0.3, 0.4) is 0 Å². The molecule has 1 aliphatic carbocycles. The number of amides is 2. The van der Waals surface area contributed by atoms with Crippen LogP contribution in [0.25, 0.3) is 6.08 Å². The summed E-state index contributed by atoms with van der Waals surface area (Å²) in [4.78, 5) is 12.2. The van der Waals surface area contributed by atoms with Crippen molar-refractivity contribution in [3.63, 3.8) is 0 Å². The molecule has 3 nitrogen and oxygen atoms in total. The maximum absolute atomic E-state index is 12.2. The van der Waals surface area contributed by atoms with Gasteiger partial charge in [-0.05, 0) is 47.6 Å². The SMILES string of the molecule is O=C1NC2=C(CCCC2=Cc2ccccc2)C(c2ccccc2)N1. The van der Waals surface area contributed by atoms with E-state index < -0.39 is 0 Å². The predicted molar refractivity (Wildman–Crippen MR) is 96.1 cm³/mol. The van der Waals surface area contributed by atoms with Gasteiger partial charge in [0.2, 0.25) is 0 Å². The number of carbonyl (C=O) groups is 1. The molecule has 24 heavy (non-hydrogen) atoms. The minimum Gasteiger partial charge on any atom is -0.327 e. The van der Waals surface area contributed by atoms with Crippen molar-refractivity contribution in [3.8, 4) is 0 Å². The summed E-state index contributed by atoms with van der Waals surface area (Å²) in [6.07, 6.45) is 5.31. The molecule has 1 heterocycles. The van der Waals surface area contributed by atoms with Gasteiger partial charge < -0.3 is 10.6 Å². The van der Waals surface area contributed by atoms with Gasteiger partial charge in [-0.25, -0.2) is 4.79 Å². The molecule has 4 rings (SSSR count). The van der Waals surface area contributed by atoms with Gasteiger partial charge in [-0.1, -0.05) is 60.7 Å². The molecule has 2 aromatic carbocycles. The number of nitrogens with one attached hydrogen (secondary N) is 2. The van der Waals surface area contributed by atoms with Gasteiger partial charge >= 0.3 is 6.03 Å². The lowest BCUT2D eigenvalue weighted by atomic mass is 9.83. The molecule has 2 amide bonds. The lowest BCUT2D eigenvalue weighted by Crippen LogP contribution is -2.45. The molecule has 2 N–H and O–H groups in total. The maximum Gasteiger partial charge on any atom is 0.319 e. The largest absolute Gasteiger partial charge is 0.327 e. The standard InChI is InChI=1S/C21H20N2O/c24-21-22-19(16-10-5-2-6-11-16)18-13-7-12-17(20(18)23-21)14-15-8-3-1-4-9-15/h1-6,8-11,14,19H,7,12-13H2,(H2,22,23,24). The summed E-state index contributed by atoms with van der Waals surface area (Å²) in [5, 5.41) is 6.13. The van der Waals surface area contributed by atoms with Crippen molar-refractivity contribution in [1.29, 1.82) is 0 Å². The zero-order valence-electron chi connectivity index (χ0n) is 13.5. The second kappa shape index (κ2) is 6.36. The van der Waals surface area contributed by atoms with E-state index in [4.69, 9.17) is 0 Å². The van der Waals surface area contributed by atoms with Crippen LogP contribution in [0.1, 0.15) is 36.4 Å². The van der Waals surface area contributed by atoms with Gasteiger partial charge in [0, 0.05) is 5.70 Å². The Labute approximate surface area is 142 Å². The van der Waals surface area contributed by atoms with E-state index in [-0.39, 0.29) is 12.1 Å². The van der Waals surface area contributed by atoms with E-state index in [9.17, 15) is 4.79 Å². The molecular formula is C21H20N2O. The van der Waals surface area contributed by atoms with Crippen molar-refractivity contribution in [2.24, 2.45) is 0 Å². The first-order valence-electron chi connectivity index (χ1n) is 8.43. The van der Waals surface area contributed by atoms with Crippen molar-refractivity contribution >= 4 is 12.1 Å². The molecule has 0 saturated carbocycles. The molecule has 0 bridgehead atoms. The van der Waals surface area contributed by atoms with Crippen LogP contribution in [0.5, 0.6) is 0 Å². The normalized spacial score (nSPS) is 21.9. The Hall–Kier alpha value is -2.81. The lowest BCUT2D eigenvalue weighted by Gasteiger charge is -2.34. The number of allylic oxidation sites excluding steroid dienone is 1. The van der Waals surface area contributed by atoms with E-state index in [2.05, 4.69) is 41.0 Å². The average molecular weight is 316 g/mol. The second-order valence-electron chi connectivity index (χ2n) is 6.28. The second-order valence-corrected chi connectivity index (χ2v) is 6.28. The fourth-order valence-corrected chi connectivity index (χ4v) is 3.57. The summed E-state index contributed by atoms with van der Waals surface area (Å²) in [6, 6.07) is 20.3. The Morgan fingerprint density at radius 3 is 2.38 bits per heavy atom. The minimum atomic E-state index is -0.122. The molecule has 1 aliphatic heterocycles. The fourth-order valence-electron chi connectivity index (χ4n) is 3.57. The van der Waals surface area contributed by atoms with E-state index in [0.717, 1.165) is 30.5 Å². The van der Waals surface area contributed by atoms with Crippen LogP contribution in [-0.2, 0) is 0 Å². The number of carbonyl (C=O) groups excluding carboxylic acids is 1. The quantitative estimate of drug-likeness (QED) is 0.837. The summed E-state index contributed by atoms with van der Waals surface area (Å²) in [5.41, 5.74) is 5.83. The highest BCUT2D eigenvalue weighted by molar-refractivity contribution is 5.81. The molecule has 2 aromatic rings. The molecule has 1 unspecified atom stereocenters. The van der Waals surface area contributed by atoms with Gasteiger partial charge in [0.05, 0.1) is 6.04 Å². The van der Waals surface area contributed by atoms with Crippen LogP contribution in [0.4, 0.5) is 4.79 Å². The summed E-state index contributed by atoms with van der Waals surface area (Å²) in [5.74, 6) is 0. The Kier molecular flexibility index (Phi) is 3.91. The highest BCUT2D eigenvalue weighted by atomic mass is 16.2. The molecular weight excluding hydrogens is 296 g/mol. The van der Waals surface area contributed by atoms with Crippen LogP contribution < -0.4 is 10.6 Å². The summed E-state index contributed by atoms with van der Waals surface area (Å²) in [7, 11) is 0. The molecule has 1 atom stereocenters. The number of hydrogen-bond donors (Lipinski definition) is 2. The van der Waals surface area contributed by atoms with Crippen molar-refractivity contribution in [2.45, 2.75) is 25.3 Å². The van der Waals surface area contributed by atoms with E-state index in [0.29, 0.717) is 0 Å². The molecule has 0 aromatic heterocycles.